The molecule has 9 heterocycles. The summed E-state index contributed by atoms with van der Waals surface area (Å²) in [5, 5.41) is 9.23. The van der Waals surface area contributed by atoms with Gasteiger partial charge in [0.1, 0.15) is 0 Å². The van der Waals surface area contributed by atoms with Crippen molar-refractivity contribution in [2.24, 2.45) is 0 Å². The van der Waals surface area contributed by atoms with E-state index < -0.39 is 0 Å². The van der Waals surface area contributed by atoms with E-state index in [4.69, 9.17) is 0 Å². The number of rotatable bonds is 16. The SMILES string of the molecule is CSC1=C(SCCCSC2=C(SCCCSC3=C(SCCC#N)SC(=C4SC5=C(SCCS5)S4)S3)SC(=C3SC4=C(SCCS4)S3)S2)SC(=C2SC3=C(SCCS3)S2)S1. The van der Waals surface area contributed by atoms with Crippen LogP contribution < -0.4 is 0 Å². The Bertz CT molecular complexity index is 1970. The molecular weight excluding hydrogens is 1190 g/mol. The molecule has 9 aliphatic rings. The third-order valence-electron chi connectivity index (χ3n) is 7.52. The normalized spacial score (nSPS) is 23.7. The molecule has 0 aromatic carbocycles. The minimum atomic E-state index is 0.604. The first-order valence-electron chi connectivity index (χ1n) is 17.8. The molecule has 0 unspecified atom stereocenters. The van der Waals surface area contributed by atoms with E-state index in [9.17, 15) is 5.26 Å². The van der Waals surface area contributed by atoms with Crippen LogP contribution in [0, 0.1) is 11.3 Å². The Hall–Kier alpha value is 5.55. The monoisotopic (exact) mass is 1220 g/mol. The molecule has 0 saturated heterocycles. The van der Waals surface area contributed by atoms with Gasteiger partial charge < -0.3 is 0 Å². The molecule has 0 bridgehead atoms. The summed E-state index contributed by atoms with van der Waals surface area (Å²) in [7, 11) is 0. The van der Waals surface area contributed by atoms with Crippen LogP contribution >= 0.6 is 282 Å². The summed E-state index contributed by atoms with van der Waals surface area (Å²) in [6.45, 7) is 0. The fraction of sp³-hybridized carbons (Fsp3) is 0.441. The summed E-state index contributed by atoms with van der Waals surface area (Å²) < 4.78 is 27.1. The fourth-order valence-corrected chi connectivity index (χ4v) is 41.2. The third kappa shape index (κ3) is 13.5. The van der Waals surface area contributed by atoms with Gasteiger partial charge in [0.25, 0.3) is 0 Å². The van der Waals surface area contributed by atoms with Gasteiger partial charge in [-0.05, 0) is 42.1 Å². The molecular formula is C34H31NS24. The summed E-state index contributed by atoms with van der Waals surface area (Å²) in [4.78, 5) is 0. The minimum absolute atomic E-state index is 0.604. The van der Waals surface area contributed by atoms with Gasteiger partial charge in [-0.15, -0.1) is 141 Å². The molecule has 0 saturated carbocycles. The Balaban J connectivity index is 0.776. The Morgan fingerprint density at radius 2 is 0.610 bits per heavy atom. The Morgan fingerprint density at radius 3 is 0.898 bits per heavy atom. The van der Waals surface area contributed by atoms with Crippen molar-refractivity contribution < 1.29 is 0 Å². The molecule has 0 aromatic rings. The lowest BCUT2D eigenvalue weighted by molar-refractivity contribution is 1.13. The third-order valence-corrected chi connectivity index (χ3v) is 43.2. The van der Waals surface area contributed by atoms with Crippen molar-refractivity contribution in [1.29, 1.82) is 5.26 Å². The summed E-state index contributed by atoms with van der Waals surface area (Å²) >= 11 is 48.6. The molecule has 0 aromatic heterocycles. The Labute approximate surface area is 451 Å². The van der Waals surface area contributed by atoms with Gasteiger partial charge in [-0.1, -0.05) is 141 Å². The van der Waals surface area contributed by atoms with E-state index in [1.165, 1.54) is 118 Å². The van der Waals surface area contributed by atoms with Gasteiger partial charge in [-0.25, -0.2) is 0 Å². The van der Waals surface area contributed by atoms with Gasteiger partial charge in [0, 0.05) is 46.7 Å². The van der Waals surface area contributed by atoms with E-state index in [0.717, 1.165) is 17.3 Å². The van der Waals surface area contributed by atoms with Gasteiger partial charge >= 0.3 is 0 Å². The van der Waals surface area contributed by atoms with Crippen molar-refractivity contribution in [2.75, 3.05) is 69.5 Å². The quantitative estimate of drug-likeness (QED) is 0.137. The average molecular weight is 1220 g/mol. The largest absolute Gasteiger partial charge is 0.198 e. The molecule has 25 heteroatoms. The summed E-state index contributed by atoms with van der Waals surface area (Å²) in [5.41, 5.74) is 0. The number of hydrogen-bond donors (Lipinski definition) is 0. The lowest BCUT2D eigenvalue weighted by atomic mass is 10.6. The standard InChI is InChI=1S/C34H31NS24/c1-36-17-18(49-29(48-17)30-54-23-24(55-30)43-12-11-42-23)38-7-3-8-40-21-22(53-32(52-21)34-58-27-28(59-34)47-16-15-46-27)41-10-4-9-39-20-19(37-6-2-5-35)50-31(51-20)33-56-25-26(57-33)45-14-13-44-25/h2-4,6-16H2,1H3. The van der Waals surface area contributed by atoms with E-state index in [1.54, 1.807) is 16.9 Å². The van der Waals surface area contributed by atoms with Gasteiger partial charge in [0.2, 0.25) is 0 Å². The lowest BCUT2D eigenvalue weighted by Gasteiger charge is -2.08. The van der Waals surface area contributed by atoms with Crippen LogP contribution in [-0.2, 0) is 0 Å². The van der Waals surface area contributed by atoms with Crippen LogP contribution in [0.4, 0.5) is 0 Å². The molecule has 0 atom stereocenters. The van der Waals surface area contributed by atoms with Gasteiger partial charge in [-0.2, -0.15) is 5.26 Å². The number of hydrogen-bond acceptors (Lipinski definition) is 25. The van der Waals surface area contributed by atoms with Crippen molar-refractivity contribution >= 4 is 282 Å². The molecule has 0 fully saturated rings. The minimum Gasteiger partial charge on any atom is -0.198 e. The molecule has 316 valence electrons. The van der Waals surface area contributed by atoms with Gasteiger partial charge in [-0.3, -0.25) is 0 Å². The predicted octanol–water partition coefficient (Wildman–Crippen LogP) is 20.2. The number of nitriles is 1. The Kier molecular flexibility index (Phi) is 21.5. The summed E-state index contributed by atoms with van der Waals surface area (Å²) in [6.07, 6.45) is 5.26. The van der Waals surface area contributed by atoms with Crippen molar-refractivity contribution in [3.63, 3.8) is 0 Å². The second-order valence-corrected chi connectivity index (χ2v) is 41.4. The lowest BCUT2D eigenvalue weighted by Crippen LogP contribution is -1.88. The number of thioether (sulfide) groups is 24. The molecule has 9 aliphatic heterocycles. The van der Waals surface area contributed by atoms with Crippen LogP contribution in [0.15, 0.2) is 76.3 Å². The van der Waals surface area contributed by atoms with Crippen molar-refractivity contribution in [3.8, 4) is 6.07 Å². The van der Waals surface area contributed by atoms with E-state index in [1.807, 2.05) is 176 Å². The highest BCUT2D eigenvalue weighted by Gasteiger charge is 2.35. The molecule has 9 rings (SSSR count). The van der Waals surface area contributed by atoms with Gasteiger partial charge in [0.15, 0.2) is 0 Å². The average Bonchev–Trinajstić information content (AvgIpc) is 4.12. The fourth-order valence-electron chi connectivity index (χ4n) is 5.01. The zero-order valence-corrected chi connectivity index (χ0v) is 50.2. The molecule has 59 heavy (non-hydrogen) atoms. The van der Waals surface area contributed by atoms with Crippen molar-refractivity contribution in [2.45, 2.75) is 19.3 Å². The maximum atomic E-state index is 9.23. The molecule has 1 nitrogen and oxygen atoms in total. The first-order chi connectivity index (χ1) is 29.1. The molecule has 0 N–H and O–H groups in total. The van der Waals surface area contributed by atoms with Crippen LogP contribution in [-0.4, -0.2) is 69.5 Å². The Morgan fingerprint density at radius 1 is 0.356 bits per heavy atom. The van der Waals surface area contributed by atoms with Crippen molar-refractivity contribution in [1.82, 2.24) is 0 Å². The molecule has 0 radical (unpaired) electrons. The van der Waals surface area contributed by atoms with E-state index >= 15 is 0 Å². The zero-order valence-electron chi connectivity index (χ0n) is 30.6. The molecule has 0 aliphatic carbocycles. The predicted molar refractivity (Wildman–Crippen MR) is 324 cm³/mol. The maximum absolute atomic E-state index is 9.23. The van der Waals surface area contributed by atoms with E-state index in [0.29, 0.717) is 6.42 Å². The van der Waals surface area contributed by atoms with Crippen LogP contribution in [0.1, 0.15) is 19.3 Å². The highest BCUT2D eigenvalue weighted by Crippen LogP contribution is 2.70. The van der Waals surface area contributed by atoms with E-state index in [2.05, 4.69) is 118 Å². The first kappa shape index (κ1) is 49.5. The molecule has 0 amide bonds. The second-order valence-electron chi connectivity index (χ2n) is 11.6. The highest BCUT2D eigenvalue weighted by molar-refractivity contribution is 8.48. The first-order valence-corrected chi connectivity index (χ1v) is 39.6. The zero-order chi connectivity index (χ0) is 40.0. The second kappa shape index (κ2) is 25.6. The van der Waals surface area contributed by atoms with Gasteiger partial charge in [0.05, 0.1) is 82.3 Å². The maximum Gasteiger partial charge on any atom is 0.0717 e. The molecule has 0 spiro atoms. The van der Waals surface area contributed by atoms with Crippen LogP contribution in [0.25, 0.3) is 0 Å². The van der Waals surface area contributed by atoms with Crippen LogP contribution in [0.3, 0.4) is 0 Å². The van der Waals surface area contributed by atoms with Crippen molar-refractivity contribution in [3.05, 3.63) is 76.3 Å². The van der Waals surface area contributed by atoms with Crippen LogP contribution in [0.5, 0.6) is 0 Å². The van der Waals surface area contributed by atoms with Crippen LogP contribution in [0.2, 0.25) is 0 Å². The van der Waals surface area contributed by atoms with E-state index in [-0.39, 0.29) is 0 Å². The highest BCUT2D eigenvalue weighted by atomic mass is 32.3. The number of nitrogens with zero attached hydrogens (tertiary/aromatic N) is 1. The summed E-state index contributed by atoms with van der Waals surface area (Å²) in [6, 6.07) is 2.35. The topological polar surface area (TPSA) is 23.8 Å². The smallest absolute Gasteiger partial charge is 0.0717 e. The summed E-state index contributed by atoms with van der Waals surface area (Å²) in [5.74, 6) is 12.9.